The van der Waals surface area contributed by atoms with Crippen LogP contribution in [-0.4, -0.2) is 11.8 Å². The lowest BCUT2D eigenvalue weighted by molar-refractivity contribution is -0.116. The molecule has 2 aromatic carbocycles. The van der Waals surface area contributed by atoms with Gasteiger partial charge in [-0.05, 0) is 42.7 Å². The topological polar surface area (TPSA) is 58.2 Å². The van der Waals surface area contributed by atoms with E-state index < -0.39 is 0 Å². The van der Waals surface area contributed by atoms with Gasteiger partial charge in [-0.15, -0.1) is 0 Å². The van der Waals surface area contributed by atoms with Crippen LogP contribution in [0.25, 0.3) is 0 Å². The molecule has 0 heterocycles. The van der Waals surface area contributed by atoms with E-state index in [1.807, 2.05) is 38.1 Å². The highest BCUT2D eigenvalue weighted by Crippen LogP contribution is 2.26. The molecule has 0 aromatic heterocycles. The summed E-state index contributed by atoms with van der Waals surface area (Å²) >= 11 is 6.14. The van der Waals surface area contributed by atoms with Gasteiger partial charge in [0.05, 0.1) is 17.1 Å². The van der Waals surface area contributed by atoms with E-state index in [4.69, 9.17) is 11.6 Å². The average Bonchev–Trinajstić information content (AvgIpc) is 2.53. The summed E-state index contributed by atoms with van der Waals surface area (Å²) in [6, 6.07) is 12.8. The molecule has 2 amide bonds. The maximum atomic E-state index is 12.3. The van der Waals surface area contributed by atoms with Crippen molar-refractivity contribution in [2.45, 2.75) is 33.1 Å². The van der Waals surface area contributed by atoms with E-state index in [1.54, 1.807) is 18.2 Å². The van der Waals surface area contributed by atoms with Gasteiger partial charge in [0.15, 0.2) is 0 Å². The van der Waals surface area contributed by atoms with E-state index in [1.165, 1.54) is 0 Å². The summed E-state index contributed by atoms with van der Waals surface area (Å²) in [5, 5.41) is 6.04. The quantitative estimate of drug-likeness (QED) is 0.806. The molecular weight excluding hydrogens is 324 g/mol. The molecule has 0 saturated carbocycles. The van der Waals surface area contributed by atoms with Gasteiger partial charge in [-0.2, -0.15) is 0 Å². The Morgan fingerprint density at radius 2 is 1.79 bits per heavy atom. The van der Waals surface area contributed by atoms with Crippen molar-refractivity contribution in [3.05, 3.63) is 58.6 Å². The van der Waals surface area contributed by atoms with Crippen LogP contribution in [0, 0.1) is 6.92 Å². The number of aryl methyl sites for hydroxylation is 1. The first-order valence-electron chi connectivity index (χ1n) is 7.93. The van der Waals surface area contributed by atoms with Crippen LogP contribution in [0.1, 0.15) is 30.9 Å². The van der Waals surface area contributed by atoms with E-state index in [-0.39, 0.29) is 18.2 Å². The predicted octanol–water partition coefficient (Wildman–Crippen LogP) is 4.57. The second kappa shape index (κ2) is 8.50. The number of rotatable bonds is 6. The Balaban J connectivity index is 2.07. The molecule has 4 nitrogen and oxygen atoms in total. The summed E-state index contributed by atoms with van der Waals surface area (Å²) < 4.78 is 0. The van der Waals surface area contributed by atoms with Crippen molar-refractivity contribution in [1.29, 1.82) is 0 Å². The molecule has 2 rings (SSSR count). The lowest BCUT2D eigenvalue weighted by Crippen LogP contribution is -2.16. The van der Waals surface area contributed by atoms with Crippen LogP contribution in [0.3, 0.4) is 0 Å². The van der Waals surface area contributed by atoms with Crippen molar-refractivity contribution in [1.82, 2.24) is 0 Å². The fourth-order valence-corrected chi connectivity index (χ4v) is 2.49. The smallest absolute Gasteiger partial charge is 0.228 e. The summed E-state index contributed by atoms with van der Waals surface area (Å²) in [5.41, 5.74) is 3.14. The second-order valence-electron chi connectivity index (χ2n) is 5.64. The summed E-state index contributed by atoms with van der Waals surface area (Å²) in [5.74, 6) is -0.208. The van der Waals surface area contributed by atoms with Gasteiger partial charge in [-0.1, -0.05) is 42.8 Å². The molecule has 24 heavy (non-hydrogen) atoms. The Bertz CT molecular complexity index is 744. The van der Waals surface area contributed by atoms with Crippen molar-refractivity contribution in [3.63, 3.8) is 0 Å². The molecule has 0 atom stereocenters. The second-order valence-corrected chi connectivity index (χ2v) is 6.05. The van der Waals surface area contributed by atoms with Gasteiger partial charge in [0.2, 0.25) is 11.8 Å². The Kier molecular flexibility index (Phi) is 6.38. The molecule has 0 aliphatic rings. The number of nitrogens with one attached hydrogen (secondary N) is 2. The Hall–Kier alpha value is -2.33. The maximum Gasteiger partial charge on any atom is 0.228 e. The normalized spacial score (nSPS) is 10.3. The largest absolute Gasteiger partial charge is 0.326 e. The van der Waals surface area contributed by atoms with E-state index in [2.05, 4.69) is 10.6 Å². The third kappa shape index (κ3) is 5.10. The highest BCUT2D eigenvalue weighted by Gasteiger charge is 2.10. The van der Waals surface area contributed by atoms with Crippen molar-refractivity contribution in [2.75, 3.05) is 10.6 Å². The SMILES string of the molecule is CCCC(=O)Nc1ccc(Cl)c(NC(=O)Cc2ccccc2C)c1. The number of hydrogen-bond donors (Lipinski definition) is 2. The molecule has 126 valence electrons. The molecule has 0 radical (unpaired) electrons. The molecule has 0 spiro atoms. The van der Waals surface area contributed by atoms with Crippen molar-refractivity contribution in [2.24, 2.45) is 0 Å². The Morgan fingerprint density at radius 3 is 2.50 bits per heavy atom. The van der Waals surface area contributed by atoms with Crippen molar-refractivity contribution >= 4 is 34.8 Å². The minimum atomic E-state index is -0.150. The van der Waals surface area contributed by atoms with Gasteiger partial charge >= 0.3 is 0 Å². The third-order valence-corrected chi connectivity index (χ3v) is 3.94. The fourth-order valence-electron chi connectivity index (χ4n) is 2.33. The lowest BCUT2D eigenvalue weighted by atomic mass is 10.1. The summed E-state index contributed by atoms with van der Waals surface area (Å²) in [6.07, 6.45) is 1.51. The number of amides is 2. The van der Waals surface area contributed by atoms with E-state index in [0.29, 0.717) is 22.8 Å². The molecule has 0 aliphatic carbocycles. The molecule has 2 N–H and O–H groups in total. The molecule has 2 aromatic rings. The summed E-state index contributed by atoms with van der Waals surface area (Å²) in [6.45, 7) is 3.91. The molecule has 0 fully saturated rings. The first-order valence-corrected chi connectivity index (χ1v) is 8.31. The van der Waals surface area contributed by atoms with Crippen LogP contribution in [0.5, 0.6) is 0 Å². The zero-order valence-electron chi connectivity index (χ0n) is 13.9. The minimum absolute atomic E-state index is 0.0583. The predicted molar refractivity (Wildman–Crippen MR) is 98.5 cm³/mol. The Morgan fingerprint density at radius 1 is 1.04 bits per heavy atom. The van der Waals surface area contributed by atoms with Crippen LogP contribution >= 0.6 is 11.6 Å². The van der Waals surface area contributed by atoms with E-state index in [0.717, 1.165) is 17.5 Å². The van der Waals surface area contributed by atoms with E-state index in [9.17, 15) is 9.59 Å². The van der Waals surface area contributed by atoms with Gasteiger partial charge in [-0.25, -0.2) is 0 Å². The van der Waals surface area contributed by atoms with Crippen LogP contribution in [0.4, 0.5) is 11.4 Å². The van der Waals surface area contributed by atoms with Crippen LogP contribution < -0.4 is 10.6 Å². The number of carbonyl (C=O) groups is 2. The highest BCUT2D eigenvalue weighted by molar-refractivity contribution is 6.33. The zero-order valence-corrected chi connectivity index (χ0v) is 14.6. The number of benzene rings is 2. The minimum Gasteiger partial charge on any atom is -0.326 e. The molecule has 5 heteroatoms. The van der Waals surface area contributed by atoms with Crippen LogP contribution in [0.2, 0.25) is 5.02 Å². The van der Waals surface area contributed by atoms with Gasteiger partial charge in [0.1, 0.15) is 0 Å². The molecule has 0 saturated heterocycles. The summed E-state index contributed by atoms with van der Waals surface area (Å²) in [4.78, 5) is 23.9. The fraction of sp³-hybridized carbons (Fsp3) is 0.263. The van der Waals surface area contributed by atoms with Gasteiger partial charge < -0.3 is 10.6 Å². The zero-order chi connectivity index (χ0) is 17.5. The monoisotopic (exact) mass is 344 g/mol. The Labute approximate surface area is 147 Å². The van der Waals surface area contributed by atoms with Crippen molar-refractivity contribution < 1.29 is 9.59 Å². The highest BCUT2D eigenvalue weighted by atomic mass is 35.5. The number of halogens is 1. The van der Waals surface area contributed by atoms with Gasteiger partial charge in [-0.3, -0.25) is 9.59 Å². The van der Waals surface area contributed by atoms with Gasteiger partial charge in [0, 0.05) is 12.1 Å². The third-order valence-electron chi connectivity index (χ3n) is 3.61. The number of hydrogen-bond acceptors (Lipinski definition) is 2. The van der Waals surface area contributed by atoms with Gasteiger partial charge in [0.25, 0.3) is 0 Å². The summed E-state index contributed by atoms with van der Waals surface area (Å²) in [7, 11) is 0. The number of carbonyl (C=O) groups excluding carboxylic acids is 2. The average molecular weight is 345 g/mol. The first kappa shape index (κ1) is 18.0. The van der Waals surface area contributed by atoms with Crippen LogP contribution in [-0.2, 0) is 16.0 Å². The van der Waals surface area contributed by atoms with Crippen LogP contribution in [0.15, 0.2) is 42.5 Å². The van der Waals surface area contributed by atoms with E-state index >= 15 is 0 Å². The molecular formula is C19H21ClN2O2. The molecule has 0 aliphatic heterocycles. The standard InChI is InChI=1S/C19H21ClN2O2/c1-3-6-18(23)21-15-9-10-16(20)17(12-15)22-19(24)11-14-8-5-4-7-13(14)2/h4-5,7-10,12H,3,6,11H2,1-2H3,(H,21,23)(H,22,24). The molecule has 0 bridgehead atoms. The molecule has 0 unspecified atom stereocenters. The number of anilines is 2. The first-order chi connectivity index (χ1) is 11.5. The lowest BCUT2D eigenvalue weighted by Gasteiger charge is -2.11. The maximum absolute atomic E-state index is 12.3. The van der Waals surface area contributed by atoms with Crippen molar-refractivity contribution in [3.8, 4) is 0 Å².